The summed E-state index contributed by atoms with van der Waals surface area (Å²) in [6.07, 6.45) is 0. The molecule has 0 aliphatic heterocycles. The monoisotopic (exact) mass is 740 g/mol. The van der Waals surface area contributed by atoms with Crippen LogP contribution in [0.15, 0.2) is 218 Å². The summed E-state index contributed by atoms with van der Waals surface area (Å²) >= 11 is 0. The van der Waals surface area contributed by atoms with E-state index in [1.165, 1.54) is 65.4 Å². The minimum absolute atomic E-state index is 1.11. The summed E-state index contributed by atoms with van der Waals surface area (Å²) in [7, 11) is 0. The molecule has 0 radical (unpaired) electrons. The predicted molar refractivity (Wildman–Crippen MR) is 244 cm³/mol. The Morgan fingerprint density at radius 3 is 0.931 bits per heavy atom. The van der Waals surface area contributed by atoms with Crippen LogP contribution in [-0.4, -0.2) is 13.7 Å². The van der Waals surface area contributed by atoms with Gasteiger partial charge in [-0.3, -0.25) is 0 Å². The number of anilines is 3. The van der Waals surface area contributed by atoms with Crippen LogP contribution in [0.4, 0.5) is 17.1 Å². The van der Waals surface area contributed by atoms with Crippen molar-refractivity contribution < 1.29 is 0 Å². The Kier molecular flexibility index (Phi) is 7.20. The number of aromatic nitrogens is 3. The van der Waals surface area contributed by atoms with Gasteiger partial charge in [0.25, 0.3) is 0 Å². The van der Waals surface area contributed by atoms with E-state index in [2.05, 4.69) is 237 Å². The number of para-hydroxylation sites is 6. The van der Waals surface area contributed by atoms with Gasteiger partial charge in [-0.15, -0.1) is 0 Å². The van der Waals surface area contributed by atoms with Crippen LogP contribution >= 0.6 is 0 Å². The first-order valence-corrected chi connectivity index (χ1v) is 19.9. The lowest BCUT2D eigenvalue weighted by Gasteiger charge is -2.25. The Bertz CT molecular complexity index is 3390. The van der Waals surface area contributed by atoms with Crippen molar-refractivity contribution in [3.63, 3.8) is 0 Å². The molecule has 12 aromatic rings. The zero-order chi connectivity index (χ0) is 38.2. The number of hydrogen-bond donors (Lipinski definition) is 0. The third kappa shape index (κ3) is 4.82. The summed E-state index contributed by atoms with van der Waals surface area (Å²) in [5.74, 6) is 0. The number of fused-ring (bicyclic) bond motifs is 10. The van der Waals surface area contributed by atoms with Crippen LogP contribution in [0.5, 0.6) is 0 Å². The molecule has 272 valence electrons. The van der Waals surface area contributed by atoms with Gasteiger partial charge in [-0.25, -0.2) is 0 Å². The first-order valence-electron chi connectivity index (χ1n) is 19.9. The molecule has 0 aliphatic carbocycles. The van der Waals surface area contributed by atoms with E-state index in [0.717, 1.165) is 34.1 Å². The van der Waals surface area contributed by atoms with Crippen LogP contribution < -0.4 is 4.90 Å². The van der Waals surface area contributed by atoms with E-state index in [1.54, 1.807) is 0 Å². The Balaban J connectivity index is 1.02. The summed E-state index contributed by atoms with van der Waals surface area (Å²) in [4.78, 5) is 2.31. The van der Waals surface area contributed by atoms with Gasteiger partial charge in [0.1, 0.15) is 0 Å². The summed E-state index contributed by atoms with van der Waals surface area (Å²) in [5, 5.41) is 7.56. The topological polar surface area (TPSA) is 18.0 Å². The Morgan fingerprint density at radius 2 is 0.517 bits per heavy atom. The van der Waals surface area contributed by atoms with Gasteiger partial charge < -0.3 is 18.6 Å². The van der Waals surface area contributed by atoms with Gasteiger partial charge in [-0.1, -0.05) is 109 Å². The first-order chi connectivity index (χ1) is 28.8. The van der Waals surface area contributed by atoms with Gasteiger partial charge in [-0.2, -0.15) is 0 Å². The summed E-state index contributed by atoms with van der Waals surface area (Å²) in [5.41, 5.74) is 14.0. The molecule has 58 heavy (non-hydrogen) atoms. The molecule has 4 heteroatoms. The largest absolute Gasteiger partial charge is 0.311 e. The van der Waals surface area contributed by atoms with Gasteiger partial charge in [-0.05, 0) is 109 Å². The normalized spacial score (nSPS) is 11.8. The second kappa shape index (κ2) is 12.9. The fourth-order valence-corrected chi connectivity index (χ4v) is 9.38. The third-order valence-corrected chi connectivity index (χ3v) is 11.8. The molecule has 3 heterocycles. The van der Waals surface area contributed by atoms with Crippen molar-refractivity contribution in [3.8, 4) is 17.1 Å². The Morgan fingerprint density at radius 1 is 0.224 bits per heavy atom. The van der Waals surface area contributed by atoms with Gasteiger partial charge >= 0.3 is 0 Å². The van der Waals surface area contributed by atoms with E-state index in [4.69, 9.17) is 0 Å². The molecular weight excluding hydrogens is 705 g/mol. The van der Waals surface area contributed by atoms with Crippen LogP contribution in [-0.2, 0) is 0 Å². The average molecular weight is 741 g/mol. The third-order valence-electron chi connectivity index (χ3n) is 11.8. The number of benzene rings is 9. The highest BCUT2D eigenvalue weighted by molar-refractivity contribution is 6.29. The van der Waals surface area contributed by atoms with Crippen LogP contribution in [0, 0.1) is 0 Å². The van der Waals surface area contributed by atoms with Crippen molar-refractivity contribution in [1.82, 2.24) is 13.7 Å². The number of rotatable bonds is 6. The van der Waals surface area contributed by atoms with Crippen LogP contribution in [0.1, 0.15) is 0 Å². The van der Waals surface area contributed by atoms with Gasteiger partial charge in [0.2, 0.25) is 0 Å². The predicted octanol–water partition coefficient (Wildman–Crippen LogP) is 14.4. The van der Waals surface area contributed by atoms with Gasteiger partial charge in [0, 0.05) is 66.4 Å². The highest BCUT2D eigenvalue weighted by Crippen LogP contribution is 2.43. The SMILES string of the molecule is c1ccc(N(c2ccccc2)c2ccc(-n3c4ccccc4c4c5c6ccccc6n(-c6ccc(-n7c8ccccc8c8ccccc87)cc6)c5ccc43)cc2)cc1. The minimum Gasteiger partial charge on any atom is -0.311 e. The molecule has 0 bridgehead atoms. The zero-order valence-corrected chi connectivity index (χ0v) is 31.6. The van der Waals surface area contributed by atoms with Gasteiger partial charge in [0.05, 0.1) is 33.1 Å². The average Bonchev–Trinajstić information content (AvgIpc) is 3.93. The van der Waals surface area contributed by atoms with Crippen molar-refractivity contribution in [2.75, 3.05) is 4.90 Å². The molecule has 0 spiro atoms. The minimum atomic E-state index is 1.11. The maximum absolute atomic E-state index is 2.43. The van der Waals surface area contributed by atoms with E-state index >= 15 is 0 Å². The molecule has 9 aromatic carbocycles. The fraction of sp³-hybridized carbons (Fsp3) is 0. The Labute approximate surface area is 335 Å². The van der Waals surface area contributed by atoms with Crippen molar-refractivity contribution in [2.45, 2.75) is 0 Å². The van der Waals surface area contributed by atoms with E-state index in [-0.39, 0.29) is 0 Å². The lowest BCUT2D eigenvalue weighted by Crippen LogP contribution is -2.09. The lowest BCUT2D eigenvalue weighted by molar-refractivity contribution is 1.14. The number of hydrogen-bond acceptors (Lipinski definition) is 1. The summed E-state index contributed by atoms with van der Waals surface area (Å²) in [6, 6.07) is 78.9. The molecule has 0 saturated heterocycles. The van der Waals surface area contributed by atoms with Crippen LogP contribution in [0.25, 0.3) is 82.5 Å². The molecule has 0 unspecified atom stereocenters. The molecule has 0 aliphatic rings. The first kappa shape index (κ1) is 32.4. The highest BCUT2D eigenvalue weighted by atomic mass is 15.1. The Hall–Kier alpha value is -7.82. The standard InChI is InChI=1S/C54H36N4/c1-3-15-37(16-4-1)55(38-17-5-2-6-18-38)39-27-29-41(30-28-39)57-49-25-13-9-21-45(49)53-51(57)35-36-52-54(53)46-22-10-14-26-50(46)58(52)42-33-31-40(32-34-42)56-47-23-11-7-19-43(47)44-20-8-12-24-48(44)56/h1-36H. The van der Waals surface area contributed by atoms with Crippen molar-refractivity contribution in [2.24, 2.45) is 0 Å². The molecule has 12 rings (SSSR count). The van der Waals surface area contributed by atoms with Gasteiger partial charge in [0.15, 0.2) is 0 Å². The van der Waals surface area contributed by atoms with Crippen LogP contribution in [0.3, 0.4) is 0 Å². The molecular formula is C54H36N4. The summed E-state index contributed by atoms with van der Waals surface area (Å²) in [6.45, 7) is 0. The van der Waals surface area contributed by atoms with E-state index < -0.39 is 0 Å². The molecule has 4 nitrogen and oxygen atoms in total. The van der Waals surface area contributed by atoms with Crippen LogP contribution in [0.2, 0.25) is 0 Å². The van der Waals surface area contributed by atoms with Crippen molar-refractivity contribution in [1.29, 1.82) is 0 Å². The zero-order valence-electron chi connectivity index (χ0n) is 31.6. The summed E-state index contributed by atoms with van der Waals surface area (Å²) < 4.78 is 7.24. The number of nitrogens with zero attached hydrogens (tertiary/aromatic N) is 4. The molecule has 0 N–H and O–H groups in total. The lowest BCUT2D eigenvalue weighted by atomic mass is 10.1. The second-order valence-electron chi connectivity index (χ2n) is 15.0. The van der Waals surface area contributed by atoms with E-state index in [0.29, 0.717) is 0 Å². The molecule has 0 amide bonds. The second-order valence-corrected chi connectivity index (χ2v) is 15.0. The smallest absolute Gasteiger partial charge is 0.0548 e. The maximum atomic E-state index is 2.43. The quantitative estimate of drug-likeness (QED) is 0.166. The highest BCUT2D eigenvalue weighted by Gasteiger charge is 2.21. The van der Waals surface area contributed by atoms with Crippen molar-refractivity contribution in [3.05, 3.63) is 218 Å². The fourth-order valence-electron chi connectivity index (χ4n) is 9.38. The molecule has 3 aromatic heterocycles. The van der Waals surface area contributed by atoms with Crippen molar-refractivity contribution >= 4 is 82.5 Å². The maximum Gasteiger partial charge on any atom is 0.0548 e. The molecule has 0 fully saturated rings. The molecule has 0 saturated carbocycles. The van der Waals surface area contributed by atoms with E-state index in [9.17, 15) is 0 Å². The van der Waals surface area contributed by atoms with E-state index in [1.807, 2.05) is 0 Å². The molecule has 0 atom stereocenters.